The van der Waals surface area contributed by atoms with Gasteiger partial charge in [0.15, 0.2) is 0 Å². The SMILES string of the molecule is COC(=O)C(CC(C)C)NC(C(=O)O)C(C)C. The van der Waals surface area contributed by atoms with E-state index in [9.17, 15) is 9.59 Å². The van der Waals surface area contributed by atoms with Crippen LogP contribution in [0.2, 0.25) is 0 Å². The van der Waals surface area contributed by atoms with E-state index in [2.05, 4.69) is 10.1 Å². The number of carboxylic acids is 1. The van der Waals surface area contributed by atoms with Crippen LogP contribution in [0.5, 0.6) is 0 Å². The van der Waals surface area contributed by atoms with Crippen molar-refractivity contribution in [2.75, 3.05) is 7.11 Å². The number of methoxy groups -OCH3 is 1. The number of carbonyl (C=O) groups excluding carboxylic acids is 1. The Balaban J connectivity index is 4.70. The monoisotopic (exact) mass is 245 g/mol. The molecule has 0 aliphatic rings. The van der Waals surface area contributed by atoms with Crippen LogP contribution < -0.4 is 5.32 Å². The second-order valence-electron chi connectivity index (χ2n) is 4.93. The molecule has 0 aliphatic heterocycles. The molecule has 0 saturated heterocycles. The fourth-order valence-electron chi connectivity index (χ4n) is 1.61. The third-order valence-electron chi connectivity index (χ3n) is 2.51. The number of hydrogen-bond acceptors (Lipinski definition) is 4. The summed E-state index contributed by atoms with van der Waals surface area (Å²) < 4.78 is 4.68. The molecule has 5 nitrogen and oxygen atoms in total. The van der Waals surface area contributed by atoms with E-state index in [4.69, 9.17) is 5.11 Å². The van der Waals surface area contributed by atoms with Crippen molar-refractivity contribution in [2.24, 2.45) is 11.8 Å². The Hall–Kier alpha value is -1.10. The molecule has 0 heterocycles. The van der Waals surface area contributed by atoms with E-state index in [1.54, 1.807) is 13.8 Å². The minimum Gasteiger partial charge on any atom is -0.480 e. The van der Waals surface area contributed by atoms with Gasteiger partial charge in [0, 0.05) is 0 Å². The molecule has 0 bridgehead atoms. The van der Waals surface area contributed by atoms with Gasteiger partial charge in [0.25, 0.3) is 0 Å². The normalized spacial score (nSPS) is 14.8. The molecule has 2 atom stereocenters. The summed E-state index contributed by atoms with van der Waals surface area (Å²) in [4.78, 5) is 22.6. The van der Waals surface area contributed by atoms with Gasteiger partial charge in [-0.1, -0.05) is 27.7 Å². The maximum Gasteiger partial charge on any atom is 0.322 e. The molecule has 0 aromatic rings. The van der Waals surface area contributed by atoms with Crippen LogP contribution in [-0.2, 0) is 14.3 Å². The molecule has 2 unspecified atom stereocenters. The van der Waals surface area contributed by atoms with E-state index < -0.39 is 24.0 Å². The van der Waals surface area contributed by atoms with Crippen molar-refractivity contribution >= 4 is 11.9 Å². The second kappa shape index (κ2) is 7.27. The lowest BCUT2D eigenvalue weighted by molar-refractivity contribution is -0.146. The lowest BCUT2D eigenvalue weighted by Gasteiger charge is -2.25. The Morgan fingerprint density at radius 3 is 2.06 bits per heavy atom. The molecule has 0 aromatic carbocycles. The first-order valence-electron chi connectivity index (χ1n) is 5.86. The van der Waals surface area contributed by atoms with Crippen molar-refractivity contribution in [1.29, 1.82) is 0 Å². The van der Waals surface area contributed by atoms with Crippen molar-refractivity contribution in [3.63, 3.8) is 0 Å². The average Bonchev–Trinajstić information content (AvgIpc) is 2.21. The molecule has 5 heteroatoms. The van der Waals surface area contributed by atoms with Crippen LogP contribution >= 0.6 is 0 Å². The van der Waals surface area contributed by atoms with Gasteiger partial charge in [-0.05, 0) is 18.3 Å². The standard InChI is InChI=1S/C12H23NO4/c1-7(2)6-9(12(16)17-5)13-10(8(3)4)11(14)15/h7-10,13H,6H2,1-5H3,(H,14,15). The maximum absolute atomic E-state index is 11.6. The number of rotatable bonds is 7. The van der Waals surface area contributed by atoms with Crippen molar-refractivity contribution in [2.45, 2.75) is 46.2 Å². The molecule has 17 heavy (non-hydrogen) atoms. The summed E-state index contributed by atoms with van der Waals surface area (Å²) in [5.41, 5.74) is 0. The van der Waals surface area contributed by atoms with Crippen LogP contribution in [0.1, 0.15) is 34.1 Å². The summed E-state index contributed by atoms with van der Waals surface area (Å²) in [5.74, 6) is -1.16. The van der Waals surface area contributed by atoms with E-state index >= 15 is 0 Å². The molecule has 100 valence electrons. The lowest BCUT2D eigenvalue weighted by Crippen LogP contribution is -2.50. The fourth-order valence-corrected chi connectivity index (χ4v) is 1.61. The summed E-state index contributed by atoms with van der Waals surface area (Å²) in [7, 11) is 1.31. The quantitative estimate of drug-likeness (QED) is 0.661. The van der Waals surface area contributed by atoms with Gasteiger partial charge in [-0.15, -0.1) is 0 Å². The first kappa shape index (κ1) is 15.9. The zero-order valence-electron chi connectivity index (χ0n) is 11.2. The molecule has 0 rings (SSSR count). The molecule has 0 saturated carbocycles. The van der Waals surface area contributed by atoms with Gasteiger partial charge in [-0.2, -0.15) is 0 Å². The molecular formula is C12H23NO4. The fraction of sp³-hybridized carbons (Fsp3) is 0.833. The van der Waals surface area contributed by atoms with Gasteiger partial charge in [0.05, 0.1) is 7.11 Å². The third-order valence-corrected chi connectivity index (χ3v) is 2.51. The number of nitrogens with one attached hydrogen (secondary N) is 1. The van der Waals surface area contributed by atoms with Crippen LogP contribution in [0.15, 0.2) is 0 Å². The minimum atomic E-state index is -0.947. The second-order valence-corrected chi connectivity index (χ2v) is 4.93. The van der Waals surface area contributed by atoms with E-state index in [1.807, 2.05) is 13.8 Å². The molecule has 0 radical (unpaired) electrons. The zero-order valence-corrected chi connectivity index (χ0v) is 11.2. The highest BCUT2D eigenvalue weighted by Crippen LogP contribution is 2.10. The predicted octanol–water partition coefficient (Wildman–Crippen LogP) is 1.27. The van der Waals surface area contributed by atoms with Crippen molar-refractivity contribution in [3.05, 3.63) is 0 Å². The molecular weight excluding hydrogens is 222 g/mol. The number of carboxylic acid groups (broad SMARTS) is 1. The molecule has 0 aliphatic carbocycles. The highest BCUT2D eigenvalue weighted by Gasteiger charge is 2.29. The van der Waals surface area contributed by atoms with Crippen LogP contribution in [0.3, 0.4) is 0 Å². The van der Waals surface area contributed by atoms with E-state index in [-0.39, 0.29) is 11.8 Å². The smallest absolute Gasteiger partial charge is 0.322 e. The highest BCUT2D eigenvalue weighted by molar-refractivity contribution is 5.78. The summed E-state index contributed by atoms with van der Waals surface area (Å²) >= 11 is 0. The number of hydrogen-bond donors (Lipinski definition) is 2. The van der Waals surface area contributed by atoms with Gasteiger partial charge in [-0.3, -0.25) is 14.9 Å². The van der Waals surface area contributed by atoms with Gasteiger partial charge in [0.1, 0.15) is 12.1 Å². The van der Waals surface area contributed by atoms with Crippen molar-refractivity contribution in [3.8, 4) is 0 Å². The van der Waals surface area contributed by atoms with Crippen molar-refractivity contribution in [1.82, 2.24) is 5.32 Å². The highest BCUT2D eigenvalue weighted by atomic mass is 16.5. The van der Waals surface area contributed by atoms with Gasteiger partial charge in [0.2, 0.25) is 0 Å². The Kier molecular flexibility index (Phi) is 6.80. The number of aliphatic carboxylic acids is 1. The van der Waals surface area contributed by atoms with E-state index in [1.165, 1.54) is 7.11 Å². The summed E-state index contributed by atoms with van der Waals surface area (Å²) in [6.07, 6.45) is 0.559. The molecule has 0 fully saturated rings. The largest absolute Gasteiger partial charge is 0.480 e. The number of carbonyl (C=O) groups is 2. The van der Waals surface area contributed by atoms with Crippen LogP contribution in [0.25, 0.3) is 0 Å². The predicted molar refractivity (Wildman–Crippen MR) is 64.7 cm³/mol. The molecule has 2 N–H and O–H groups in total. The Morgan fingerprint density at radius 1 is 1.24 bits per heavy atom. The third kappa shape index (κ3) is 5.68. The average molecular weight is 245 g/mol. The number of ether oxygens (including phenoxy) is 1. The maximum atomic E-state index is 11.6. The lowest BCUT2D eigenvalue weighted by atomic mass is 9.99. The summed E-state index contributed by atoms with van der Waals surface area (Å²) in [5, 5.41) is 11.9. The summed E-state index contributed by atoms with van der Waals surface area (Å²) in [6.45, 7) is 7.55. The topological polar surface area (TPSA) is 75.6 Å². The molecule has 0 aromatic heterocycles. The Bertz CT molecular complexity index is 263. The van der Waals surface area contributed by atoms with Gasteiger partial charge < -0.3 is 9.84 Å². The van der Waals surface area contributed by atoms with Crippen LogP contribution in [0, 0.1) is 11.8 Å². The van der Waals surface area contributed by atoms with Gasteiger partial charge >= 0.3 is 11.9 Å². The first-order chi connectivity index (χ1) is 7.79. The van der Waals surface area contributed by atoms with Crippen LogP contribution in [-0.4, -0.2) is 36.2 Å². The zero-order chi connectivity index (χ0) is 13.6. The first-order valence-corrected chi connectivity index (χ1v) is 5.86. The molecule has 0 spiro atoms. The molecule has 0 amide bonds. The summed E-state index contributed by atoms with van der Waals surface area (Å²) in [6, 6.07) is -1.30. The Morgan fingerprint density at radius 2 is 1.76 bits per heavy atom. The number of esters is 1. The van der Waals surface area contributed by atoms with E-state index in [0.29, 0.717) is 6.42 Å². The Labute approximate surface area is 103 Å². The van der Waals surface area contributed by atoms with Crippen LogP contribution in [0.4, 0.5) is 0 Å². The minimum absolute atomic E-state index is 0.0909. The van der Waals surface area contributed by atoms with E-state index in [0.717, 1.165) is 0 Å². The van der Waals surface area contributed by atoms with Crippen molar-refractivity contribution < 1.29 is 19.4 Å². The van der Waals surface area contributed by atoms with Gasteiger partial charge in [-0.25, -0.2) is 0 Å².